The first-order valence-corrected chi connectivity index (χ1v) is 26.6. The molecule has 0 radical (unpaired) electrons. The number of benzene rings is 2. The van der Waals surface area contributed by atoms with E-state index in [-0.39, 0.29) is 91.7 Å². The number of carboxylic acid groups (broad SMARTS) is 2. The molecular formula is C63H84O16. The summed E-state index contributed by atoms with van der Waals surface area (Å²) in [5.74, 6) is -6.22. The third kappa shape index (κ3) is 17.8. The molecule has 0 aromatic heterocycles. The fraction of sp³-hybridized carbons (Fsp3) is 0.492. The van der Waals surface area contributed by atoms with Gasteiger partial charge in [0.25, 0.3) is 0 Å². The van der Waals surface area contributed by atoms with Crippen LogP contribution >= 0.6 is 0 Å². The number of esters is 6. The number of carboxylic acids is 2. The highest BCUT2D eigenvalue weighted by Crippen LogP contribution is 2.48. The van der Waals surface area contributed by atoms with E-state index in [2.05, 4.69) is 13.2 Å². The van der Waals surface area contributed by atoms with Crippen molar-refractivity contribution >= 4 is 47.8 Å². The summed E-state index contributed by atoms with van der Waals surface area (Å²) in [7, 11) is 1.23. The van der Waals surface area contributed by atoms with E-state index < -0.39 is 69.4 Å². The van der Waals surface area contributed by atoms with Gasteiger partial charge in [0, 0.05) is 22.3 Å². The largest absolute Gasteiger partial charge is 0.481 e. The van der Waals surface area contributed by atoms with Gasteiger partial charge in [0.15, 0.2) is 0 Å². The molecule has 16 nitrogen and oxygen atoms in total. The van der Waals surface area contributed by atoms with Crippen molar-refractivity contribution in [3.63, 3.8) is 0 Å². The first-order chi connectivity index (χ1) is 37.1. The molecule has 0 spiro atoms. The fourth-order valence-electron chi connectivity index (χ4n) is 9.10. The van der Waals surface area contributed by atoms with Crippen molar-refractivity contribution in [1.82, 2.24) is 0 Å². The van der Waals surface area contributed by atoms with Crippen LogP contribution in [0.2, 0.25) is 0 Å². The highest BCUT2D eigenvalue weighted by molar-refractivity contribution is 5.95. The predicted molar refractivity (Wildman–Crippen MR) is 299 cm³/mol. The molecule has 0 saturated heterocycles. The molecule has 2 N–H and O–H groups in total. The Balaban J connectivity index is 0.000000545. The molecule has 1 saturated carbocycles. The predicted octanol–water partition coefficient (Wildman–Crippen LogP) is 12.1. The van der Waals surface area contributed by atoms with E-state index in [1.165, 1.54) is 53.9 Å². The molecule has 0 bridgehead atoms. The van der Waals surface area contributed by atoms with Gasteiger partial charge in [-0.25, -0.2) is 19.2 Å². The van der Waals surface area contributed by atoms with E-state index in [4.69, 9.17) is 28.4 Å². The van der Waals surface area contributed by atoms with Crippen molar-refractivity contribution in [2.75, 3.05) is 20.3 Å². The zero-order valence-electron chi connectivity index (χ0n) is 48.7. The second kappa shape index (κ2) is 31.3. The molecule has 79 heavy (non-hydrogen) atoms. The first-order valence-electron chi connectivity index (χ1n) is 26.6. The molecule has 0 amide bonds. The molecule has 4 atom stereocenters. The molecule has 432 valence electrons. The molecule has 1 fully saturated rings. The maximum atomic E-state index is 14.0. The number of hydrogen-bond acceptors (Lipinski definition) is 14. The van der Waals surface area contributed by atoms with Crippen LogP contribution in [0.4, 0.5) is 0 Å². The first kappa shape index (κ1) is 67.7. The Labute approximate surface area is 467 Å². The van der Waals surface area contributed by atoms with Crippen LogP contribution in [-0.4, -0.2) is 84.4 Å². The van der Waals surface area contributed by atoms with Crippen LogP contribution in [0.3, 0.4) is 0 Å². The minimum absolute atomic E-state index is 0.0164. The number of carbonyl (C=O) groups excluding carboxylic acids is 6. The van der Waals surface area contributed by atoms with Gasteiger partial charge in [0.2, 0.25) is 0 Å². The van der Waals surface area contributed by atoms with E-state index >= 15 is 0 Å². The SMILES string of the molecule is C=CCOC(=O)/C(C)=C(/CC(C)(C(=O)OCc1ccccc1)/C(C)=C(/C)C(=O)OC)C(C)(CC)C(=O)O.C=CCOC(=O)/C(C)=C(/CC(C)(C(=O)OCc1ccccc1)/C(C)=C(\C)C(=O)OC1CCCCC1)C(C)(CC)C(=O)O. The summed E-state index contributed by atoms with van der Waals surface area (Å²) in [6, 6.07) is 18.2. The summed E-state index contributed by atoms with van der Waals surface area (Å²) in [5.41, 5.74) is -2.76. The second-order valence-electron chi connectivity index (χ2n) is 20.8. The van der Waals surface area contributed by atoms with Crippen molar-refractivity contribution in [1.29, 1.82) is 0 Å². The van der Waals surface area contributed by atoms with Crippen LogP contribution in [0, 0.1) is 21.7 Å². The average molecular weight is 1100 g/mol. The lowest BCUT2D eigenvalue weighted by molar-refractivity contribution is -0.155. The number of rotatable bonds is 27. The molecular weight excluding hydrogens is 1010 g/mol. The maximum absolute atomic E-state index is 14.0. The van der Waals surface area contributed by atoms with Crippen LogP contribution in [0.1, 0.15) is 152 Å². The Morgan fingerprint density at radius 2 is 0.873 bits per heavy atom. The molecule has 1 aliphatic rings. The fourth-order valence-corrected chi connectivity index (χ4v) is 9.10. The van der Waals surface area contributed by atoms with Crippen molar-refractivity contribution < 1.29 is 77.0 Å². The van der Waals surface area contributed by atoms with E-state index in [0.29, 0.717) is 11.1 Å². The Hall–Kier alpha value is -7.36. The number of methoxy groups -OCH3 is 1. The van der Waals surface area contributed by atoms with Gasteiger partial charge in [-0.15, -0.1) is 0 Å². The van der Waals surface area contributed by atoms with Gasteiger partial charge >= 0.3 is 47.8 Å². The smallest absolute Gasteiger partial charge is 0.334 e. The second-order valence-corrected chi connectivity index (χ2v) is 20.8. The Bertz CT molecular complexity index is 2650. The molecule has 1 aliphatic carbocycles. The molecule has 2 aromatic rings. The van der Waals surface area contributed by atoms with Crippen molar-refractivity contribution in [3.8, 4) is 0 Å². The molecule has 3 rings (SSSR count). The number of hydrogen-bond donors (Lipinski definition) is 2. The summed E-state index contributed by atoms with van der Waals surface area (Å²) in [6.45, 7) is 25.9. The van der Waals surface area contributed by atoms with Crippen LogP contribution in [0.5, 0.6) is 0 Å². The normalized spacial score (nSPS) is 16.8. The average Bonchev–Trinajstić information content (AvgIpc) is 3.45. The molecule has 0 aliphatic heterocycles. The van der Waals surface area contributed by atoms with Gasteiger partial charge in [-0.2, -0.15) is 0 Å². The van der Waals surface area contributed by atoms with Gasteiger partial charge in [0.05, 0.1) is 28.8 Å². The number of carbonyl (C=O) groups is 8. The Morgan fingerprint density at radius 1 is 0.519 bits per heavy atom. The summed E-state index contributed by atoms with van der Waals surface area (Å²) < 4.78 is 32.6. The number of ether oxygens (including phenoxy) is 6. The van der Waals surface area contributed by atoms with Gasteiger partial charge in [-0.1, -0.05) is 106 Å². The minimum Gasteiger partial charge on any atom is -0.481 e. The van der Waals surface area contributed by atoms with Crippen LogP contribution in [-0.2, 0) is 80.0 Å². The maximum Gasteiger partial charge on any atom is 0.334 e. The topological polar surface area (TPSA) is 232 Å². The molecule has 4 unspecified atom stereocenters. The van der Waals surface area contributed by atoms with E-state index in [0.717, 1.165) is 43.2 Å². The van der Waals surface area contributed by atoms with Crippen LogP contribution in [0.25, 0.3) is 0 Å². The third-order valence-corrected chi connectivity index (χ3v) is 15.7. The van der Waals surface area contributed by atoms with Crippen LogP contribution in [0.15, 0.2) is 131 Å². The summed E-state index contributed by atoms with van der Waals surface area (Å²) in [5, 5.41) is 20.5. The van der Waals surface area contributed by atoms with Gasteiger partial charge in [0.1, 0.15) is 32.5 Å². The monoisotopic (exact) mass is 1100 g/mol. The van der Waals surface area contributed by atoms with Gasteiger partial charge in [-0.3, -0.25) is 19.2 Å². The molecule has 2 aromatic carbocycles. The highest BCUT2D eigenvalue weighted by Gasteiger charge is 2.48. The molecule has 0 heterocycles. The third-order valence-electron chi connectivity index (χ3n) is 15.7. The van der Waals surface area contributed by atoms with E-state index in [9.17, 15) is 48.6 Å². The van der Waals surface area contributed by atoms with Crippen molar-refractivity contribution in [3.05, 3.63) is 142 Å². The zero-order valence-corrected chi connectivity index (χ0v) is 48.7. The van der Waals surface area contributed by atoms with E-state index in [1.54, 1.807) is 60.6 Å². The quantitative estimate of drug-likeness (QED) is 0.0366. The lowest BCUT2D eigenvalue weighted by Crippen LogP contribution is -2.39. The van der Waals surface area contributed by atoms with Gasteiger partial charge in [-0.05, 0) is 154 Å². The lowest BCUT2D eigenvalue weighted by atomic mass is 9.67. The minimum atomic E-state index is -1.51. The summed E-state index contributed by atoms with van der Waals surface area (Å²) in [4.78, 5) is 104. The molecule has 16 heteroatoms. The summed E-state index contributed by atoms with van der Waals surface area (Å²) >= 11 is 0. The number of aliphatic carboxylic acids is 2. The van der Waals surface area contributed by atoms with E-state index in [1.807, 2.05) is 48.5 Å². The van der Waals surface area contributed by atoms with Crippen molar-refractivity contribution in [2.45, 2.75) is 160 Å². The Kier molecular flexibility index (Phi) is 26.8. The van der Waals surface area contributed by atoms with Gasteiger partial charge < -0.3 is 38.6 Å². The van der Waals surface area contributed by atoms with Crippen molar-refractivity contribution in [2.24, 2.45) is 21.7 Å². The zero-order chi connectivity index (χ0) is 59.9. The Morgan fingerprint density at radius 3 is 1.19 bits per heavy atom. The summed E-state index contributed by atoms with van der Waals surface area (Å²) in [6.07, 6.45) is 7.20. The lowest BCUT2D eigenvalue weighted by Gasteiger charge is -2.36. The standard InChI is InChI=1S/C34H46O8.C29H38O8/c1-8-20-40-29(35)24(4)28(33(6,9-2)31(37)38)21-34(7,32(39)41-22-26-16-12-10-13-17-26)25(5)23(3)30(36)42-27-18-14-11-15-19-27;1-9-16-36-25(31)20(4)23(28(6,10-2)26(32)33)17-29(7,21(5)19(3)24(30)35-8)27(34)37-18-22-14-12-11-13-15-22/h8,10,12-13,16-17,27H,1,9,11,14-15,18-22H2,2-7H3,(H,37,38);9,11-15H,1,10,16-18H2,2-8H3,(H,32,33)/b25-23+,28-24-;21-19-,23-20-. The van der Waals surface area contributed by atoms with Crippen LogP contribution < -0.4 is 0 Å². The highest BCUT2D eigenvalue weighted by atomic mass is 16.6.